The number of hydrogen-bond donors (Lipinski definition) is 2. The van der Waals surface area contributed by atoms with E-state index in [0.717, 1.165) is 32.5 Å². The highest BCUT2D eigenvalue weighted by Gasteiger charge is 2.14. The normalized spacial score (nSPS) is 12.0. The molecule has 0 radical (unpaired) electrons. The van der Waals surface area contributed by atoms with E-state index in [0.29, 0.717) is 0 Å². The average Bonchev–Trinajstić information content (AvgIpc) is 2.73. The number of ether oxygens (including phenoxy) is 1. The van der Waals surface area contributed by atoms with Crippen LogP contribution in [-0.4, -0.2) is 29.6 Å². The summed E-state index contributed by atoms with van der Waals surface area (Å²) in [5, 5.41) is 0. The maximum Gasteiger partial charge on any atom is 0.496 e. The molecule has 2 N–H and O–H groups in total. The van der Waals surface area contributed by atoms with Crippen LogP contribution in [0, 0.1) is 0 Å². The lowest BCUT2D eigenvalue weighted by atomic mass is 10.0. The highest BCUT2D eigenvalue weighted by molar-refractivity contribution is 7.46. The molecule has 0 saturated heterocycles. The zero-order valence-corrected chi connectivity index (χ0v) is 21.1. The first kappa shape index (κ1) is 31.0. The SMILES string of the molecule is CCCCCCCCOCCCCCCCCCCCCCCCCOOP(=O)(O)O. The molecular weight excluding hydrogens is 415 g/mol. The number of phosphoric acid groups is 1. The van der Waals surface area contributed by atoms with Gasteiger partial charge in [-0.25, -0.2) is 9.45 Å². The highest BCUT2D eigenvalue weighted by Crippen LogP contribution is 2.35. The maximum atomic E-state index is 10.4. The summed E-state index contributed by atoms with van der Waals surface area (Å²) >= 11 is 0. The minimum absolute atomic E-state index is 0.233. The van der Waals surface area contributed by atoms with Crippen LogP contribution >= 0.6 is 7.82 Å². The third-order valence-corrected chi connectivity index (χ3v) is 5.86. The summed E-state index contributed by atoms with van der Waals surface area (Å²) in [5.74, 6) is 0. The molecule has 0 aliphatic rings. The van der Waals surface area contributed by atoms with Crippen molar-refractivity contribution in [3.63, 3.8) is 0 Å². The Morgan fingerprint density at radius 3 is 1.19 bits per heavy atom. The van der Waals surface area contributed by atoms with E-state index in [1.807, 2.05) is 0 Å². The van der Waals surface area contributed by atoms with Gasteiger partial charge in [-0.05, 0) is 19.3 Å². The van der Waals surface area contributed by atoms with Gasteiger partial charge >= 0.3 is 7.82 Å². The summed E-state index contributed by atoms with van der Waals surface area (Å²) in [6, 6.07) is 0. The first-order chi connectivity index (χ1) is 15.1. The first-order valence-corrected chi connectivity index (χ1v) is 14.5. The highest BCUT2D eigenvalue weighted by atomic mass is 31.2. The third kappa shape index (κ3) is 30.0. The zero-order valence-electron chi connectivity index (χ0n) is 20.2. The van der Waals surface area contributed by atoms with Gasteiger partial charge in [0.25, 0.3) is 0 Å². The number of rotatable bonds is 26. The van der Waals surface area contributed by atoms with Crippen LogP contribution in [0.2, 0.25) is 0 Å². The number of unbranched alkanes of at least 4 members (excludes halogenated alkanes) is 18. The molecule has 7 heteroatoms. The fraction of sp³-hybridized carbons (Fsp3) is 1.00. The van der Waals surface area contributed by atoms with E-state index < -0.39 is 7.82 Å². The van der Waals surface area contributed by atoms with Gasteiger partial charge in [0, 0.05) is 13.2 Å². The molecule has 6 nitrogen and oxygen atoms in total. The molecule has 31 heavy (non-hydrogen) atoms. The van der Waals surface area contributed by atoms with Crippen molar-refractivity contribution >= 4 is 7.82 Å². The predicted octanol–water partition coefficient (Wildman–Crippen LogP) is 7.87. The second kappa shape index (κ2) is 24.7. The van der Waals surface area contributed by atoms with Crippen LogP contribution in [0.5, 0.6) is 0 Å². The van der Waals surface area contributed by atoms with Gasteiger partial charge in [0.05, 0.1) is 6.61 Å². The molecule has 0 aromatic heterocycles. The van der Waals surface area contributed by atoms with E-state index in [2.05, 4.69) is 16.5 Å². The lowest BCUT2D eigenvalue weighted by Gasteiger charge is -2.05. The van der Waals surface area contributed by atoms with Crippen molar-refractivity contribution in [3.8, 4) is 0 Å². The Kier molecular flexibility index (Phi) is 24.7. The van der Waals surface area contributed by atoms with E-state index in [4.69, 9.17) is 14.5 Å². The second-order valence-corrected chi connectivity index (χ2v) is 9.85. The van der Waals surface area contributed by atoms with E-state index in [9.17, 15) is 4.57 Å². The predicted molar refractivity (Wildman–Crippen MR) is 128 cm³/mol. The van der Waals surface area contributed by atoms with Crippen LogP contribution in [0.4, 0.5) is 0 Å². The van der Waals surface area contributed by atoms with Gasteiger partial charge in [-0.15, -0.1) is 4.67 Å². The van der Waals surface area contributed by atoms with Gasteiger partial charge in [-0.3, -0.25) is 0 Å². The molecule has 0 aliphatic heterocycles. The van der Waals surface area contributed by atoms with Crippen LogP contribution in [0.25, 0.3) is 0 Å². The van der Waals surface area contributed by atoms with E-state index in [1.54, 1.807) is 0 Å². The maximum absolute atomic E-state index is 10.4. The fourth-order valence-corrected chi connectivity index (χ4v) is 3.89. The summed E-state index contributed by atoms with van der Waals surface area (Å²) in [5.41, 5.74) is 0. The Labute approximate surface area is 192 Å². The minimum Gasteiger partial charge on any atom is -0.381 e. The standard InChI is InChI=1S/C24H51O6P/c1-2-3-4-5-16-19-22-28-23-20-17-14-12-10-8-6-7-9-11-13-15-18-21-24-29-30-31(25,26)27/h2-24H2,1H3,(H2,25,26,27). The lowest BCUT2D eigenvalue weighted by Crippen LogP contribution is -1.97. The van der Waals surface area contributed by atoms with Crippen LogP contribution < -0.4 is 0 Å². The van der Waals surface area contributed by atoms with Crippen molar-refractivity contribution < 1.29 is 28.7 Å². The quantitative estimate of drug-likeness (QED) is 0.0584. The van der Waals surface area contributed by atoms with Crippen LogP contribution in [0.1, 0.15) is 135 Å². The van der Waals surface area contributed by atoms with Gasteiger partial charge in [-0.1, -0.05) is 116 Å². The first-order valence-electron chi connectivity index (χ1n) is 13.0. The van der Waals surface area contributed by atoms with Gasteiger partial charge in [0.1, 0.15) is 0 Å². The summed E-state index contributed by atoms with van der Waals surface area (Å²) in [7, 11) is -4.49. The zero-order chi connectivity index (χ0) is 22.9. The number of hydrogen-bond acceptors (Lipinski definition) is 4. The average molecular weight is 467 g/mol. The van der Waals surface area contributed by atoms with Crippen LogP contribution in [0.15, 0.2) is 0 Å². The topological polar surface area (TPSA) is 85.2 Å². The molecule has 0 unspecified atom stereocenters. The Bertz CT molecular complexity index is 388. The Morgan fingerprint density at radius 1 is 0.516 bits per heavy atom. The van der Waals surface area contributed by atoms with E-state index >= 15 is 0 Å². The van der Waals surface area contributed by atoms with Gasteiger partial charge in [-0.2, -0.15) is 0 Å². The smallest absolute Gasteiger partial charge is 0.381 e. The molecule has 0 amide bonds. The fourth-order valence-electron chi connectivity index (χ4n) is 3.68. The molecule has 0 aliphatic carbocycles. The molecule has 0 rings (SSSR count). The molecule has 0 saturated carbocycles. The second-order valence-electron chi connectivity index (χ2n) is 8.72. The molecule has 0 bridgehead atoms. The molecule has 0 atom stereocenters. The van der Waals surface area contributed by atoms with Gasteiger partial charge < -0.3 is 14.5 Å². The lowest BCUT2D eigenvalue weighted by molar-refractivity contribution is -0.222. The molecule has 188 valence electrons. The van der Waals surface area contributed by atoms with E-state index in [1.165, 1.54) is 109 Å². The third-order valence-electron chi connectivity index (χ3n) is 5.56. The summed E-state index contributed by atoms with van der Waals surface area (Å²) in [4.78, 5) is 21.4. The van der Waals surface area contributed by atoms with Crippen molar-refractivity contribution in [1.82, 2.24) is 0 Å². The Hall–Kier alpha value is 0.0300. The van der Waals surface area contributed by atoms with Crippen molar-refractivity contribution in [1.29, 1.82) is 0 Å². The molecular formula is C24H51O6P. The van der Waals surface area contributed by atoms with Crippen LogP contribution in [-0.2, 0) is 18.9 Å². The molecule has 0 aromatic rings. The van der Waals surface area contributed by atoms with Crippen molar-refractivity contribution in [2.24, 2.45) is 0 Å². The molecule has 0 heterocycles. The van der Waals surface area contributed by atoms with Crippen LogP contribution in [0.3, 0.4) is 0 Å². The summed E-state index contributed by atoms with van der Waals surface area (Å²) < 4.78 is 20.1. The summed E-state index contributed by atoms with van der Waals surface area (Å²) in [6.07, 6.45) is 25.4. The monoisotopic (exact) mass is 466 g/mol. The van der Waals surface area contributed by atoms with Crippen molar-refractivity contribution in [3.05, 3.63) is 0 Å². The Morgan fingerprint density at radius 2 is 0.839 bits per heavy atom. The van der Waals surface area contributed by atoms with Gasteiger partial charge in [0.15, 0.2) is 0 Å². The molecule has 0 aromatic carbocycles. The molecule has 0 spiro atoms. The van der Waals surface area contributed by atoms with Crippen molar-refractivity contribution in [2.75, 3.05) is 19.8 Å². The Balaban J connectivity index is 3.03. The van der Waals surface area contributed by atoms with E-state index in [-0.39, 0.29) is 6.61 Å². The molecule has 0 fully saturated rings. The largest absolute Gasteiger partial charge is 0.496 e. The summed E-state index contributed by atoms with van der Waals surface area (Å²) in [6.45, 7) is 4.39. The van der Waals surface area contributed by atoms with Crippen molar-refractivity contribution in [2.45, 2.75) is 135 Å². The van der Waals surface area contributed by atoms with Gasteiger partial charge in [0.2, 0.25) is 0 Å². The minimum atomic E-state index is -4.49.